The lowest BCUT2D eigenvalue weighted by molar-refractivity contribution is 0.146. The molecule has 138 valence electrons. The SMILES string of the molecule is CCN(CCOC)Cc1cc(-c2ccc(N)c(Cl)c2)c2c(N)ncnn12. The third-order valence-electron chi connectivity index (χ3n) is 4.41. The minimum Gasteiger partial charge on any atom is -0.398 e. The molecule has 0 aliphatic rings. The van der Waals surface area contributed by atoms with Gasteiger partial charge in [0, 0.05) is 25.8 Å². The summed E-state index contributed by atoms with van der Waals surface area (Å²) in [6.45, 7) is 5.26. The van der Waals surface area contributed by atoms with Crippen molar-refractivity contribution in [1.82, 2.24) is 19.5 Å². The summed E-state index contributed by atoms with van der Waals surface area (Å²) >= 11 is 6.21. The van der Waals surface area contributed by atoms with Crippen molar-refractivity contribution in [2.75, 3.05) is 38.3 Å². The Kier molecular flexibility index (Phi) is 5.61. The van der Waals surface area contributed by atoms with Crippen molar-refractivity contribution >= 4 is 28.6 Å². The number of hydrogen-bond donors (Lipinski definition) is 2. The number of ether oxygens (including phenoxy) is 1. The second-order valence-electron chi connectivity index (χ2n) is 6.05. The number of methoxy groups -OCH3 is 1. The molecular formula is C18H23ClN6O. The molecule has 0 atom stereocenters. The number of likely N-dealkylation sites (N-methyl/N-ethyl adjacent to an activating group) is 1. The van der Waals surface area contributed by atoms with Crippen LogP contribution in [0.15, 0.2) is 30.6 Å². The predicted octanol–water partition coefficient (Wildman–Crippen LogP) is 2.68. The van der Waals surface area contributed by atoms with Crippen molar-refractivity contribution in [3.63, 3.8) is 0 Å². The van der Waals surface area contributed by atoms with Gasteiger partial charge in [-0.25, -0.2) is 9.50 Å². The quantitative estimate of drug-likeness (QED) is 0.617. The molecule has 2 heterocycles. The van der Waals surface area contributed by atoms with Crippen LogP contribution in [0.25, 0.3) is 16.6 Å². The molecule has 0 amide bonds. The molecule has 0 unspecified atom stereocenters. The van der Waals surface area contributed by atoms with Crippen molar-refractivity contribution in [2.45, 2.75) is 13.5 Å². The van der Waals surface area contributed by atoms with Crippen LogP contribution >= 0.6 is 11.6 Å². The lowest BCUT2D eigenvalue weighted by atomic mass is 10.1. The van der Waals surface area contributed by atoms with E-state index in [1.807, 2.05) is 16.6 Å². The molecule has 7 nitrogen and oxygen atoms in total. The minimum absolute atomic E-state index is 0.425. The zero-order valence-electron chi connectivity index (χ0n) is 14.9. The predicted molar refractivity (Wildman–Crippen MR) is 105 cm³/mol. The average Bonchev–Trinajstić information content (AvgIpc) is 3.01. The zero-order chi connectivity index (χ0) is 18.7. The molecule has 3 aromatic rings. The summed E-state index contributed by atoms with van der Waals surface area (Å²) in [5.41, 5.74) is 16.2. The normalized spacial score (nSPS) is 11.5. The third kappa shape index (κ3) is 3.60. The van der Waals surface area contributed by atoms with E-state index in [4.69, 9.17) is 27.8 Å². The molecule has 0 aliphatic carbocycles. The topological polar surface area (TPSA) is 94.7 Å². The molecular weight excluding hydrogens is 352 g/mol. The molecule has 0 aliphatic heterocycles. The summed E-state index contributed by atoms with van der Waals surface area (Å²) < 4.78 is 7.04. The number of rotatable bonds is 7. The highest BCUT2D eigenvalue weighted by molar-refractivity contribution is 6.33. The van der Waals surface area contributed by atoms with Gasteiger partial charge in [0.25, 0.3) is 0 Å². The van der Waals surface area contributed by atoms with E-state index in [0.717, 1.165) is 42.0 Å². The fraction of sp³-hybridized carbons (Fsp3) is 0.333. The fourth-order valence-corrected chi connectivity index (χ4v) is 3.14. The second-order valence-corrected chi connectivity index (χ2v) is 6.46. The van der Waals surface area contributed by atoms with Gasteiger partial charge in [0.1, 0.15) is 11.8 Å². The summed E-state index contributed by atoms with van der Waals surface area (Å²) in [7, 11) is 1.71. The van der Waals surface area contributed by atoms with Crippen molar-refractivity contribution in [3.8, 4) is 11.1 Å². The molecule has 2 aromatic heterocycles. The van der Waals surface area contributed by atoms with Crippen molar-refractivity contribution in [1.29, 1.82) is 0 Å². The maximum Gasteiger partial charge on any atom is 0.151 e. The Labute approximate surface area is 157 Å². The monoisotopic (exact) mass is 374 g/mol. The van der Waals surface area contributed by atoms with Crippen LogP contribution in [0, 0.1) is 0 Å². The molecule has 8 heteroatoms. The summed E-state index contributed by atoms with van der Waals surface area (Å²) in [4.78, 5) is 6.43. The highest BCUT2D eigenvalue weighted by Gasteiger charge is 2.17. The van der Waals surface area contributed by atoms with Gasteiger partial charge in [0.15, 0.2) is 5.82 Å². The van der Waals surface area contributed by atoms with E-state index >= 15 is 0 Å². The van der Waals surface area contributed by atoms with Gasteiger partial charge in [0.2, 0.25) is 0 Å². The lowest BCUT2D eigenvalue weighted by Crippen LogP contribution is -2.27. The van der Waals surface area contributed by atoms with Gasteiger partial charge in [-0.3, -0.25) is 4.90 Å². The summed E-state index contributed by atoms with van der Waals surface area (Å²) in [5.74, 6) is 0.425. The van der Waals surface area contributed by atoms with Crippen LogP contribution in [-0.2, 0) is 11.3 Å². The van der Waals surface area contributed by atoms with Crippen LogP contribution in [-0.4, -0.2) is 46.3 Å². The maximum absolute atomic E-state index is 6.21. The lowest BCUT2D eigenvalue weighted by Gasteiger charge is -2.19. The molecule has 3 rings (SSSR count). The largest absolute Gasteiger partial charge is 0.398 e. The first-order valence-corrected chi connectivity index (χ1v) is 8.80. The number of hydrogen-bond acceptors (Lipinski definition) is 6. The number of benzene rings is 1. The van der Waals surface area contributed by atoms with E-state index in [1.54, 1.807) is 13.2 Å². The zero-order valence-corrected chi connectivity index (χ0v) is 15.7. The van der Waals surface area contributed by atoms with Crippen molar-refractivity contribution in [3.05, 3.63) is 41.3 Å². The van der Waals surface area contributed by atoms with Crippen molar-refractivity contribution < 1.29 is 4.74 Å². The number of nitrogens with zero attached hydrogens (tertiary/aromatic N) is 4. The maximum atomic E-state index is 6.21. The Morgan fingerprint density at radius 3 is 2.77 bits per heavy atom. The van der Waals surface area contributed by atoms with E-state index in [9.17, 15) is 0 Å². The fourth-order valence-electron chi connectivity index (χ4n) is 2.96. The van der Waals surface area contributed by atoms with Gasteiger partial charge in [0.05, 0.1) is 23.0 Å². The first kappa shape index (κ1) is 18.4. The first-order valence-electron chi connectivity index (χ1n) is 8.43. The standard InChI is InChI=1S/C18H23ClN6O/c1-3-24(6-7-26-2)10-13-9-14(12-4-5-16(20)15(19)8-12)17-18(21)22-11-23-25(13)17/h4-5,8-9,11H,3,6-7,10,20H2,1-2H3,(H2,21,22,23). The molecule has 4 N–H and O–H groups in total. The Balaban J connectivity index is 2.08. The average molecular weight is 375 g/mol. The van der Waals surface area contributed by atoms with E-state index in [0.29, 0.717) is 23.1 Å². The highest BCUT2D eigenvalue weighted by Crippen LogP contribution is 2.33. The number of fused-ring (bicyclic) bond motifs is 1. The third-order valence-corrected chi connectivity index (χ3v) is 4.74. The Morgan fingerprint density at radius 2 is 2.08 bits per heavy atom. The number of aromatic nitrogens is 3. The van der Waals surface area contributed by atoms with E-state index in [-0.39, 0.29) is 0 Å². The number of nitrogens with two attached hydrogens (primary N) is 2. The molecule has 1 aromatic carbocycles. The molecule has 0 saturated carbocycles. The van der Waals surface area contributed by atoms with Crippen molar-refractivity contribution in [2.24, 2.45) is 0 Å². The van der Waals surface area contributed by atoms with Crippen LogP contribution in [0.2, 0.25) is 5.02 Å². The first-order chi connectivity index (χ1) is 12.5. The van der Waals surface area contributed by atoms with Crippen LogP contribution in [0.3, 0.4) is 0 Å². The van der Waals surface area contributed by atoms with Crippen LogP contribution < -0.4 is 11.5 Å². The van der Waals surface area contributed by atoms with Gasteiger partial charge >= 0.3 is 0 Å². The molecule has 26 heavy (non-hydrogen) atoms. The molecule has 0 spiro atoms. The van der Waals surface area contributed by atoms with Gasteiger partial charge in [-0.05, 0) is 30.3 Å². The van der Waals surface area contributed by atoms with Crippen LogP contribution in [0.4, 0.5) is 11.5 Å². The molecule has 0 fully saturated rings. The summed E-state index contributed by atoms with van der Waals surface area (Å²) in [6, 6.07) is 7.63. The summed E-state index contributed by atoms with van der Waals surface area (Å²) in [6.07, 6.45) is 1.47. The minimum atomic E-state index is 0.425. The van der Waals surface area contributed by atoms with Gasteiger partial charge in [-0.1, -0.05) is 24.6 Å². The Morgan fingerprint density at radius 1 is 1.27 bits per heavy atom. The molecule has 0 radical (unpaired) electrons. The van der Waals surface area contributed by atoms with E-state index < -0.39 is 0 Å². The number of anilines is 2. The van der Waals surface area contributed by atoms with E-state index in [1.165, 1.54) is 6.33 Å². The molecule has 0 bridgehead atoms. The van der Waals surface area contributed by atoms with Crippen LogP contribution in [0.5, 0.6) is 0 Å². The highest BCUT2D eigenvalue weighted by atomic mass is 35.5. The van der Waals surface area contributed by atoms with Gasteiger partial charge < -0.3 is 16.2 Å². The number of nitrogen functional groups attached to an aromatic ring is 2. The Hall–Kier alpha value is -2.35. The van der Waals surface area contributed by atoms with E-state index in [2.05, 4.69) is 28.0 Å². The second kappa shape index (κ2) is 7.90. The summed E-state index contributed by atoms with van der Waals surface area (Å²) in [5, 5.41) is 4.91. The Bertz CT molecular complexity index is 910. The number of halogens is 1. The van der Waals surface area contributed by atoms with Gasteiger partial charge in [-0.2, -0.15) is 5.10 Å². The smallest absolute Gasteiger partial charge is 0.151 e. The van der Waals surface area contributed by atoms with Crippen LogP contribution in [0.1, 0.15) is 12.6 Å². The molecule has 0 saturated heterocycles. The van der Waals surface area contributed by atoms with Gasteiger partial charge in [-0.15, -0.1) is 0 Å².